The fourth-order valence-corrected chi connectivity index (χ4v) is 3.10. The van der Waals surface area contributed by atoms with Crippen LogP contribution in [0, 0.1) is 0 Å². The van der Waals surface area contributed by atoms with Gasteiger partial charge in [0, 0.05) is 18.9 Å². The lowest BCUT2D eigenvalue weighted by molar-refractivity contribution is -0.0465. The molecular formula is C20H25NO4. The molecule has 5 heteroatoms. The standard InChI is InChI=1S/C20H25NO4/c1-12(2)9-10-24-15-8-6-7-13-17(15)21(5)19-14(18(13)23)11-16(22)20(3,4)25-19/h6-9,16,22H,10-11H2,1-5H3. The minimum absolute atomic E-state index is 0.106. The van der Waals surface area contributed by atoms with Crippen molar-refractivity contribution in [1.29, 1.82) is 0 Å². The van der Waals surface area contributed by atoms with Crippen LogP contribution in [-0.2, 0) is 13.5 Å². The number of hydrogen-bond donors (Lipinski definition) is 1. The third kappa shape index (κ3) is 3.04. The molecule has 1 aromatic heterocycles. The van der Waals surface area contributed by atoms with Gasteiger partial charge in [0.05, 0.1) is 17.2 Å². The van der Waals surface area contributed by atoms with E-state index in [0.717, 1.165) is 0 Å². The Morgan fingerprint density at radius 3 is 2.84 bits per heavy atom. The molecule has 1 atom stereocenters. The van der Waals surface area contributed by atoms with Gasteiger partial charge in [-0.15, -0.1) is 0 Å². The Hall–Kier alpha value is -2.27. The second-order valence-electron chi connectivity index (χ2n) is 7.34. The van der Waals surface area contributed by atoms with Crippen molar-refractivity contribution < 1.29 is 14.6 Å². The monoisotopic (exact) mass is 343 g/mol. The summed E-state index contributed by atoms with van der Waals surface area (Å²) in [6.07, 6.45) is 1.56. The molecule has 0 fully saturated rings. The van der Waals surface area contributed by atoms with Crippen LogP contribution in [0.3, 0.4) is 0 Å². The molecule has 0 saturated carbocycles. The van der Waals surface area contributed by atoms with E-state index in [4.69, 9.17) is 9.47 Å². The number of nitrogens with zero attached hydrogens (tertiary/aromatic N) is 1. The molecule has 0 saturated heterocycles. The molecule has 1 unspecified atom stereocenters. The highest BCUT2D eigenvalue weighted by atomic mass is 16.5. The van der Waals surface area contributed by atoms with E-state index in [1.165, 1.54) is 5.57 Å². The van der Waals surface area contributed by atoms with Crippen LogP contribution in [0.15, 0.2) is 34.6 Å². The highest BCUT2D eigenvalue weighted by molar-refractivity contribution is 5.86. The summed E-state index contributed by atoms with van der Waals surface area (Å²) in [6.45, 7) is 8.12. The molecule has 1 N–H and O–H groups in total. The van der Waals surface area contributed by atoms with E-state index < -0.39 is 11.7 Å². The minimum atomic E-state index is -0.747. The minimum Gasteiger partial charge on any atom is -0.487 e. The van der Waals surface area contributed by atoms with Gasteiger partial charge in [0.2, 0.25) is 5.88 Å². The van der Waals surface area contributed by atoms with Crippen molar-refractivity contribution in [3.8, 4) is 11.6 Å². The van der Waals surface area contributed by atoms with E-state index in [0.29, 0.717) is 34.7 Å². The van der Waals surface area contributed by atoms with Crippen LogP contribution in [0.5, 0.6) is 11.6 Å². The largest absolute Gasteiger partial charge is 0.487 e. The molecule has 25 heavy (non-hydrogen) atoms. The average Bonchev–Trinajstić information content (AvgIpc) is 2.54. The lowest BCUT2D eigenvalue weighted by atomic mass is 9.91. The fraction of sp³-hybridized carbons (Fsp3) is 0.450. The summed E-state index contributed by atoms with van der Waals surface area (Å²) in [5, 5.41) is 10.9. The number of aryl methyl sites for hydroxylation is 1. The van der Waals surface area contributed by atoms with Gasteiger partial charge in [-0.2, -0.15) is 0 Å². The Balaban J connectivity index is 2.19. The SMILES string of the molecule is CC(C)=CCOc1cccc2c(=O)c3c(n(C)c12)OC(C)(C)C(O)C3. The molecule has 134 valence electrons. The molecule has 5 nitrogen and oxygen atoms in total. The number of pyridine rings is 1. The van der Waals surface area contributed by atoms with Crippen LogP contribution < -0.4 is 14.9 Å². The first-order valence-corrected chi connectivity index (χ1v) is 8.50. The maximum absolute atomic E-state index is 12.9. The molecule has 0 amide bonds. The lowest BCUT2D eigenvalue weighted by Gasteiger charge is -2.37. The number of para-hydroxylation sites is 1. The van der Waals surface area contributed by atoms with Crippen LogP contribution in [0.25, 0.3) is 10.9 Å². The molecule has 2 aromatic rings. The van der Waals surface area contributed by atoms with Gasteiger partial charge < -0.3 is 19.1 Å². The second kappa shape index (κ2) is 6.23. The number of aliphatic hydroxyl groups excluding tert-OH is 1. The van der Waals surface area contributed by atoms with Crippen molar-refractivity contribution in [2.75, 3.05) is 6.61 Å². The average molecular weight is 343 g/mol. The van der Waals surface area contributed by atoms with Gasteiger partial charge in [0.1, 0.15) is 18.0 Å². The van der Waals surface area contributed by atoms with Gasteiger partial charge in [-0.1, -0.05) is 11.6 Å². The van der Waals surface area contributed by atoms with Crippen LogP contribution in [0.2, 0.25) is 0 Å². The van der Waals surface area contributed by atoms with Gasteiger partial charge in [0.25, 0.3) is 0 Å². The first-order valence-electron chi connectivity index (χ1n) is 8.50. The topological polar surface area (TPSA) is 60.7 Å². The number of ether oxygens (including phenoxy) is 2. The molecule has 1 aromatic carbocycles. The van der Waals surface area contributed by atoms with E-state index in [-0.39, 0.29) is 11.8 Å². The number of aromatic nitrogens is 1. The van der Waals surface area contributed by atoms with Crippen LogP contribution in [0.4, 0.5) is 0 Å². The second-order valence-corrected chi connectivity index (χ2v) is 7.34. The van der Waals surface area contributed by atoms with Crippen molar-refractivity contribution in [2.45, 2.75) is 45.8 Å². The Kier molecular flexibility index (Phi) is 4.37. The van der Waals surface area contributed by atoms with Crippen molar-refractivity contribution in [2.24, 2.45) is 7.05 Å². The highest BCUT2D eigenvalue weighted by Crippen LogP contribution is 2.35. The smallest absolute Gasteiger partial charge is 0.201 e. The molecule has 0 spiro atoms. The first kappa shape index (κ1) is 17.5. The molecule has 0 radical (unpaired) electrons. The third-order valence-corrected chi connectivity index (χ3v) is 4.71. The molecule has 0 bridgehead atoms. The maximum Gasteiger partial charge on any atom is 0.201 e. The summed E-state index contributed by atoms with van der Waals surface area (Å²) >= 11 is 0. The zero-order valence-electron chi connectivity index (χ0n) is 15.4. The van der Waals surface area contributed by atoms with Gasteiger partial charge in [-0.05, 0) is 45.9 Å². The third-order valence-electron chi connectivity index (χ3n) is 4.71. The van der Waals surface area contributed by atoms with Gasteiger partial charge in [0.15, 0.2) is 5.43 Å². The Bertz CT molecular complexity index is 904. The van der Waals surface area contributed by atoms with E-state index >= 15 is 0 Å². The molecule has 0 aliphatic carbocycles. The number of aliphatic hydroxyl groups is 1. The predicted molar refractivity (Wildman–Crippen MR) is 98.5 cm³/mol. The van der Waals surface area contributed by atoms with Crippen molar-refractivity contribution in [1.82, 2.24) is 4.57 Å². The zero-order valence-corrected chi connectivity index (χ0v) is 15.4. The number of fused-ring (bicyclic) bond motifs is 2. The molecule has 1 aliphatic rings. The van der Waals surface area contributed by atoms with E-state index in [9.17, 15) is 9.90 Å². The van der Waals surface area contributed by atoms with Crippen molar-refractivity contribution >= 4 is 10.9 Å². The van der Waals surface area contributed by atoms with Crippen molar-refractivity contribution in [3.63, 3.8) is 0 Å². The summed E-state index contributed by atoms with van der Waals surface area (Å²) in [5.41, 5.74) is 1.54. The van der Waals surface area contributed by atoms with E-state index in [2.05, 4.69) is 0 Å². The van der Waals surface area contributed by atoms with Gasteiger partial charge >= 0.3 is 0 Å². The van der Waals surface area contributed by atoms with E-state index in [1.54, 1.807) is 6.07 Å². The van der Waals surface area contributed by atoms with Crippen LogP contribution >= 0.6 is 0 Å². The Labute approximate surface area is 147 Å². The number of hydrogen-bond acceptors (Lipinski definition) is 4. The van der Waals surface area contributed by atoms with Crippen LogP contribution in [-0.4, -0.2) is 28.0 Å². The predicted octanol–water partition coefficient (Wildman–Crippen LogP) is 2.96. The zero-order chi connectivity index (χ0) is 18.4. The molecular weight excluding hydrogens is 318 g/mol. The van der Waals surface area contributed by atoms with Gasteiger partial charge in [-0.25, -0.2) is 0 Å². The summed E-state index contributed by atoms with van der Waals surface area (Å²) in [6, 6.07) is 5.46. The summed E-state index contributed by atoms with van der Waals surface area (Å²) in [4.78, 5) is 12.9. The van der Waals surface area contributed by atoms with Crippen molar-refractivity contribution in [3.05, 3.63) is 45.6 Å². The molecule has 3 rings (SSSR count). The lowest BCUT2D eigenvalue weighted by Crippen LogP contribution is -2.48. The summed E-state index contributed by atoms with van der Waals surface area (Å²) in [7, 11) is 1.86. The maximum atomic E-state index is 12.9. The quantitative estimate of drug-likeness (QED) is 0.871. The number of allylic oxidation sites excluding steroid dienone is 1. The fourth-order valence-electron chi connectivity index (χ4n) is 3.10. The Morgan fingerprint density at radius 1 is 1.44 bits per heavy atom. The number of rotatable bonds is 3. The van der Waals surface area contributed by atoms with E-state index in [1.807, 2.05) is 57.5 Å². The summed E-state index contributed by atoms with van der Waals surface area (Å²) < 4.78 is 13.7. The highest BCUT2D eigenvalue weighted by Gasteiger charge is 2.38. The number of benzene rings is 1. The normalized spacial score (nSPS) is 18.4. The van der Waals surface area contributed by atoms with Gasteiger partial charge in [-0.3, -0.25) is 4.79 Å². The van der Waals surface area contributed by atoms with Crippen LogP contribution in [0.1, 0.15) is 33.3 Å². The Morgan fingerprint density at radius 2 is 2.16 bits per heavy atom. The molecule has 1 aliphatic heterocycles. The molecule has 2 heterocycles. The summed E-state index contributed by atoms with van der Waals surface area (Å²) in [5.74, 6) is 1.15. The first-order chi connectivity index (χ1) is 11.7.